The molecular formula is C14H19FN4S. The van der Waals surface area contributed by atoms with Crippen LogP contribution in [0.3, 0.4) is 0 Å². The molecule has 108 valence electrons. The quantitative estimate of drug-likeness (QED) is 0.889. The summed E-state index contributed by atoms with van der Waals surface area (Å²) in [5.41, 5.74) is 1.87. The molecule has 2 rings (SSSR count). The molecule has 0 atom stereocenters. The lowest BCUT2D eigenvalue weighted by atomic mass is 10.2. The summed E-state index contributed by atoms with van der Waals surface area (Å²) in [5.74, 6) is 0.484. The second-order valence-electron chi connectivity index (χ2n) is 4.63. The van der Waals surface area contributed by atoms with E-state index in [0.717, 1.165) is 28.6 Å². The van der Waals surface area contributed by atoms with Crippen LogP contribution in [0.25, 0.3) is 0 Å². The fraction of sp³-hybridized carbons (Fsp3) is 0.429. The molecular weight excluding hydrogens is 275 g/mol. The molecule has 2 heterocycles. The van der Waals surface area contributed by atoms with E-state index in [-0.39, 0.29) is 5.82 Å². The predicted octanol–water partition coefficient (Wildman–Crippen LogP) is 2.73. The molecule has 20 heavy (non-hydrogen) atoms. The summed E-state index contributed by atoms with van der Waals surface area (Å²) in [6.07, 6.45) is 1.26. The van der Waals surface area contributed by atoms with Crippen molar-refractivity contribution in [3.63, 3.8) is 0 Å². The van der Waals surface area contributed by atoms with E-state index in [1.165, 1.54) is 12.3 Å². The summed E-state index contributed by atoms with van der Waals surface area (Å²) in [6.45, 7) is 6.12. The van der Waals surface area contributed by atoms with Crippen molar-refractivity contribution in [1.82, 2.24) is 15.3 Å². The van der Waals surface area contributed by atoms with E-state index in [0.29, 0.717) is 13.1 Å². The van der Waals surface area contributed by atoms with Crippen molar-refractivity contribution in [3.8, 4) is 0 Å². The summed E-state index contributed by atoms with van der Waals surface area (Å²) in [7, 11) is 1.95. The maximum Gasteiger partial charge on any atom is 0.141 e. The lowest BCUT2D eigenvalue weighted by Gasteiger charge is -2.20. The Hall–Kier alpha value is -1.53. The Morgan fingerprint density at radius 1 is 1.45 bits per heavy atom. The molecule has 4 nitrogen and oxygen atoms in total. The molecule has 1 N–H and O–H groups in total. The third-order valence-electron chi connectivity index (χ3n) is 2.90. The first kappa shape index (κ1) is 14.9. The van der Waals surface area contributed by atoms with Crippen LogP contribution in [0.4, 0.5) is 10.2 Å². The maximum absolute atomic E-state index is 13.3. The van der Waals surface area contributed by atoms with E-state index in [1.54, 1.807) is 11.3 Å². The van der Waals surface area contributed by atoms with Crippen LogP contribution in [0.1, 0.15) is 23.2 Å². The number of nitrogens with one attached hydrogen (secondary N) is 1. The maximum atomic E-state index is 13.3. The minimum absolute atomic E-state index is 0.306. The minimum Gasteiger partial charge on any atom is -0.353 e. The van der Waals surface area contributed by atoms with Gasteiger partial charge in [-0.3, -0.25) is 0 Å². The highest BCUT2D eigenvalue weighted by molar-refractivity contribution is 7.09. The van der Waals surface area contributed by atoms with E-state index < -0.39 is 0 Å². The van der Waals surface area contributed by atoms with E-state index in [2.05, 4.69) is 15.3 Å². The summed E-state index contributed by atoms with van der Waals surface area (Å²) in [4.78, 5) is 10.7. The van der Waals surface area contributed by atoms with E-state index >= 15 is 0 Å². The minimum atomic E-state index is -0.306. The van der Waals surface area contributed by atoms with Crippen molar-refractivity contribution in [2.24, 2.45) is 0 Å². The van der Waals surface area contributed by atoms with Gasteiger partial charge in [0, 0.05) is 24.5 Å². The average Bonchev–Trinajstić information content (AvgIpc) is 2.81. The molecule has 0 aromatic carbocycles. The van der Waals surface area contributed by atoms with Crippen LogP contribution in [-0.4, -0.2) is 23.6 Å². The highest BCUT2D eigenvalue weighted by atomic mass is 32.1. The third-order valence-corrected chi connectivity index (χ3v) is 3.72. The van der Waals surface area contributed by atoms with Crippen molar-refractivity contribution >= 4 is 17.2 Å². The Balaban J connectivity index is 2.17. The van der Waals surface area contributed by atoms with Gasteiger partial charge in [-0.15, -0.1) is 11.3 Å². The number of thiazole rings is 1. The van der Waals surface area contributed by atoms with Crippen molar-refractivity contribution in [3.05, 3.63) is 39.7 Å². The van der Waals surface area contributed by atoms with Gasteiger partial charge >= 0.3 is 0 Å². The molecule has 0 saturated heterocycles. The molecule has 2 aromatic heterocycles. The zero-order chi connectivity index (χ0) is 14.5. The smallest absolute Gasteiger partial charge is 0.141 e. The van der Waals surface area contributed by atoms with E-state index in [1.807, 2.05) is 31.2 Å². The molecule has 0 aliphatic carbocycles. The SMILES string of the molecule is CCNCc1cc(F)cnc1N(C)Cc1csc(C)n1. The summed E-state index contributed by atoms with van der Waals surface area (Å²) < 4.78 is 13.3. The van der Waals surface area contributed by atoms with Crippen molar-refractivity contribution in [2.75, 3.05) is 18.5 Å². The van der Waals surface area contributed by atoms with Crippen LogP contribution in [0, 0.1) is 12.7 Å². The number of nitrogens with zero attached hydrogens (tertiary/aromatic N) is 3. The second kappa shape index (κ2) is 6.76. The lowest BCUT2D eigenvalue weighted by molar-refractivity contribution is 0.613. The van der Waals surface area contributed by atoms with Crippen LogP contribution in [-0.2, 0) is 13.1 Å². The van der Waals surface area contributed by atoms with Crippen LogP contribution < -0.4 is 10.2 Å². The number of aromatic nitrogens is 2. The average molecular weight is 294 g/mol. The third kappa shape index (κ3) is 3.74. The first-order valence-corrected chi connectivity index (χ1v) is 7.45. The Morgan fingerprint density at radius 2 is 2.25 bits per heavy atom. The van der Waals surface area contributed by atoms with Crippen LogP contribution in [0.5, 0.6) is 0 Å². The monoisotopic (exact) mass is 294 g/mol. The molecule has 2 aromatic rings. The van der Waals surface area contributed by atoms with Gasteiger partial charge in [0.05, 0.1) is 23.4 Å². The van der Waals surface area contributed by atoms with Crippen LogP contribution in [0.2, 0.25) is 0 Å². The largest absolute Gasteiger partial charge is 0.353 e. The van der Waals surface area contributed by atoms with Gasteiger partial charge in [0.1, 0.15) is 11.6 Å². The Kier molecular flexibility index (Phi) is 5.03. The summed E-state index contributed by atoms with van der Waals surface area (Å²) >= 11 is 1.63. The number of hydrogen-bond donors (Lipinski definition) is 1. The Bertz CT molecular complexity index is 570. The van der Waals surface area contributed by atoms with Crippen LogP contribution in [0.15, 0.2) is 17.6 Å². The topological polar surface area (TPSA) is 41.1 Å². The molecule has 0 radical (unpaired) electrons. The zero-order valence-corrected chi connectivity index (χ0v) is 12.8. The normalized spacial score (nSPS) is 10.8. The van der Waals surface area contributed by atoms with E-state index in [9.17, 15) is 4.39 Å². The highest BCUT2D eigenvalue weighted by Crippen LogP contribution is 2.20. The van der Waals surface area contributed by atoms with Crippen molar-refractivity contribution in [1.29, 1.82) is 0 Å². The Morgan fingerprint density at radius 3 is 2.90 bits per heavy atom. The fourth-order valence-corrected chi connectivity index (χ4v) is 2.61. The molecule has 0 spiro atoms. The van der Waals surface area contributed by atoms with Crippen LogP contribution >= 0.6 is 11.3 Å². The predicted molar refractivity (Wildman–Crippen MR) is 80.5 cm³/mol. The highest BCUT2D eigenvalue weighted by Gasteiger charge is 2.12. The summed E-state index contributed by atoms with van der Waals surface area (Å²) in [6, 6.07) is 1.54. The number of rotatable bonds is 6. The molecule has 0 bridgehead atoms. The van der Waals surface area contributed by atoms with Gasteiger partial charge in [0.15, 0.2) is 0 Å². The second-order valence-corrected chi connectivity index (χ2v) is 5.69. The van der Waals surface area contributed by atoms with Gasteiger partial charge in [0.2, 0.25) is 0 Å². The van der Waals surface area contributed by atoms with Gasteiger partial charge in [-0.1, -0.05) is 6.92 Å². The number of aryl methyl sites for hydroxylation is 1. The van der Waals surface area contributed by atoms with Gasteiger partial charge in [-0.2, -0.15) is 0 Å². The molecule has 0 amide bonds. The lowest BCUT2D eigenvalue weighted by Crippen LogP contribution is -2.22. The molecule has 0 saturated carbocycles. The van der Waals surface area contributed by atoms with E-state index in [4.69, 9.17) is 0 Å². The Labute approximate surface area is 122 Å². The number of halogens is 1. The fourth-order valence-electron chi connectivity index (χ4n) is 2.01. The molecule has 6 heteroatoms. The van der Waals surface area contributed by atoms with Crippen molar-refractivity contribution < 1.29 is 4.39 Å². The van der Waals surface area contributed by atoms with Gasteiger partial charge < -0.3 is 10.2 Å². The first-order chi connectivity index (χ1) is 9.60. The van der Waals surface area contributed by atoms with Gasteiger partial charge in [-0.25, -0.2) is 14.4 Å². The molecule has 0 unspecified atom stereocenters. The summed E-state index contributed by atoms with van der Waals surface area (Å²) in [5, 5.41) is 6.30. The molecule has 0 aliphatic heterocycles. The van der Waals surface area contributed by atoms with Gasteiger partial charge in [-0.05, 0) is 19.5 Å². The van der Waals surface area contributed by atoms with Gasteiger partial charge in [0.25, 0.3) is 0 Å². The molecule has 0 fully saturated rings. The number of anilines is 1. The molecule has 0 aliphatic rings. The first-order valence-electron chi connectivity index (χ1n) is 6.57. The van der Waals surface area contributed by atoms with Crippen molar-refractivity contribution in [2.45, 2.75) is 26.9 Å². The standard InChI is InChI=1S/C14H19FN4S/c1-4-16-6-11-5-12(15)7-17-14(11)19(3)8-13-9-20-10(2)18-13/h5,7,9,16H,4,6,8H2,1-3H3. The number of pyridine rings is 1. The zero-order valence-electron chi connectivity index (χ0n) is 12.0. The number of hydrogen-bond acceptors (Lipinski definition) is 5.